The summed E-state index contributed by atoms with van der Waals surface area (Å²) in [6.07, 6.45) is 2.96. The van der Waals surface area contributed by atoms with Gasteiger partial charge < -0.3 is 24.1 Å². The van der Waals surface area contributed by atoms with Crippen LogP contribution in [0.4, 0.5) is 0 Å². The molecule has 0 saturated heterocycles. The molecule has 0 aliphatic heterocycles. The van der Waals surface area contributed by atoms with Crippen molar-refractivity contribution in [2.75, 3.05) is 21.3 Å². The molecule has 0 amide bonds. The molecule has 3 aromatic rings. The molecule has 1 heterocycles. The highest BCUT2D eigenvalue weighted by Crippen LogP contribution is 2.38. The number of carbonyl (C=O) groups is 1. The number of aromatic nitrogens is 1. The molecule has 0 spiro atoms. The van der Waals surface area contributed by atoms with Gasteiger partial charge in [0.2, 0.25) is 0 Å². The average Bonchev–Trinajstić information content (AvgIpc) is 3.16. The van der Waals surface area contributed by atoms with Gasteiger partial charge in [0.1, 0.15) is 10.8 Å². The molecular formula is C22H22NO5S-. The minimum atomic E-state index is -1.06. The highest BCUT2D eigenvalue weighted by atomic mass is 32.1. The zero-order valence-electron chi connectivity index (χ0n) is 16.6. The van der Waals surface area contributed by atoms with E-state index in [0.717, 1.165) is 26.4 Å². The number of aliphatic carboxylic acids is 1. The Balaban J connectivity index is 2.07. The number of thiazole rings is 1. The largest absolute Gasteiger partial charge is 0.550 e. The Kier molecular flexibility index (Phi) is 6.72. The molecule has 1 aromatic heterocycles. The molecule has 0 N–H and O–H groups in total. The molecule has 0 saturated carbocycles. The van der Waals surface area contributed by atoms with Crippen LogP contribution in [-0.2, 0) is 4.79 Å². The summed E-state index contributed by atoms with van der Waals surface area (Å²) in [5, 5.41) is 11.7. The number of ether oxygens (including phenoxy) is 3. The Morgan fingerprint density at radius 1 is 1.03 bits per heavy atom. The summed E-state index contributed by atoms with van der Waals surface area (Å²) in [5.41, 5.74) is 2.64. The average molecular weight is 412 g/mol. The summed E-state index contributed by atoms with van der Waals surface area (Å²) in [4.78, 5) is 15.6. The molecule has 7 heteroatoms. The summed E-state index contributed by atoms with van der Waals surface area (Å²) in [6, 6.07) is 11.5. The third-order valence-electron chi connectivity index (χ3n) is 4.46. The number of methoxy groups -OCH3 is 3. The van der Waals surface area contributed by atoms with Crippen LogP contribution in [0.2, 0.25) is 0 Å². The normalized spacial score (nSPS) is 11.5. The number of fused-ring (bicyclic) bond motifs is 1. The number of nitrogens with zero attached hydrogens (tertiary/aromatic N) is 1. The molecule has 0 radical (unpaired) electrons. The molecule has 0 unspecified atom stereocenters. The van der Waals surface area contributed by atoms with Gasteiger partial charge in [-0.05, 0) is 49.1 Å². The number of carbonyl (C=O) groups excluding carboxylic acids is 1. The highest BCUT2D eigenvalue weighted by molar-refractivity contribution is 7.19. The number of benzene rings is 2. The van der Waals surface area contributed by atoms with E-state index in [-0.39, 0.29) is 6.42 Å². The maximum atomic E-state index is 10.9. The molecule has 152 valence electrons. The van der Waals surface area contributed by atoms with E-state index in [4.69, 9.17) is 19.2 Å². The zero-order valence-corrected chi connectivity index (χ0v) is 17.4. The van der Waals surface area contributed by atoms with Crippen LogP contribution in [0.15, 0.2) is 36.4 Å². The maximum absolute atomic E-state index is 10.9. The van der Waals surface area contributed by atoms with E-state index in [0.29, 0.717) is 30.1 Å². The molecule has 0 fully saturated rings. The van der Waals surface area contributed by atoms with Crippen molar-refractivity contribution in [1.29, 1.82) is 0 Å². The van der Waals surface area contributed by atoms with Gasteiger partial charge in [0.25, 0.3) is 0 Å². The highest BCUT2D eigenvalue weighted by Gasteiger charge is 2.14. The van der Waals surface area contributed by atoms with Gasteiger partial charge in [0, 0.05) is 17.6 Å². The van der Waals surface area contributed by atoms with E-state index in [9.17, 15) is 9.90 Å². The second kappa shape index (κ2) is 9.43. The van der Waals surface area contributed by atoms with Crippen LogP contribution in [0, 0.1) is 0 Å². The van der Waals surface area contributed by atoms with Crippen LogP contribution in [0.1, 0.15) is 29.8 Å². The van der Waals surface area contributed by atoms with Crippen LogP contribution in [0.5, 0.6) is 17.2 Å². The Bertz CT molecular complexity index is 1010. The molecule has 0 aliphatic carbocycles. The van der Waals surface area contributed by atoms with Gasteiger partial charge >= 0.3 is 0 Å². The fraction of sp³-hybridized carbons (Fsp3) is 0.273. The lowest BCUT2D eigenvalue weighted by molar-refractivity contribution is -0.305. The standard InChI is InChI=1S/C22H23NO5S/c1-26-17-13-19(28-3)18(27-2)12-15(17)11-14(7-6-10-21(24)25)22-23-16-8-4-5-9-20(16)29-22/h4-5,8-9,11-13H,6-7,10H2,1-3H3,(H,24,25)/p-1/b14-11+. The van der Waals surface area contributed by atoms with Crippen LogP contribution < -0.4 is 19.3 Å². The molecule has 29 heavy (non-hydrogen) atoms. The molecular weight excluding hydrogens is 390 g/mol. The molecule has 3 rings (SSSR count). The van der Waals surface area contributed by atoms with Crippen molar-refractivity contribution in [3.8, 4) is 17.2 Å². The molecule has 0 bridgehead atoms. The topological polar surface area (TPSA) is 80.7 Å². The fourth-order valence-corrected chi connectivity index (χ4v) is 4.04. The lowest BCUT2D eigenvalue weighted by atomic mass is 10.0. The van der Waals surface area contributed by atoms with Crippen molar-refractivity contribution >= 4 is 39.2 Å². The van der Waals surface area contributed by atoms with Gasteiger partial charge in [-0.2, -0.15) is 0 Å². The zero-order chi connectivity index (χ0) is 20.8. The monoisotopic (exact) mass is 412 g/mol. The summed E-state index contributed by atoms with van der Waals surface area (Å²) < 4.78 is 17.4. The predicted octanol–water partition coefficient (Wildman–Crippen LogP) is 3.78. The predicted molar refractivity (Wildman–Crippen MR) is 112 cm³/mol. The second-order valence-corrected chi connectivity index (χ2v) is 7.36. The smallest absolute Gasteiger partial charge is 0.164 e. The molecule has 0 atom stereocenters. The Morgan fingerprint density at radius 2 is 1.72 bits per heavy atom. The number of carboxylic acid groups (broad SMARTS) is 1. The summed E-state index contributed by atoms with van der Waals surface area (Å²) in [7, 11) is 4.73. The van der Waals surface area contributed by atoms with Gasteiger partial charge in [0.15, 0.2) is 11.5 Å². The number of para-hydroxylation sites is 1. The Labute approximate surface area is 173 Å². The van der Waals surface area contributed by atoms with Crippen LogP contribution in [-0.4, -0.2) is 32.3 Å². The summed E-state index contributed by atoms with van der Waals surface area (Å²) in [5.74, 6) is 0.719. The first kappa shape index (κ1) is 20.7. The molecule has 2 aromatic carbocycles. The van der Waals surface area contributed by atoms with Crippen molar-refractivity contribution in [3.63, 3.8) is 0 Å². The SMILES string of the molecule is COc1cc(OC)c(OC)cc1/C=C(\CCCC(=O)[O-])c1nc2ccccc2s1. The first-order valence-electron chi connectivity index (χ1n) is 9.12. The molecule has 6 nitrogen and oxygen atoms in total. The van der Waals surface area contributed by atoms with Gasteiger partial charge in [-0.25, -0.2) is 4.98 Å². The van der Waals surface area contributed by atoms with Crippen LogP contribution >= 0.6 is 11.3 Å². The number of hydrogen-bond acceptors (Lipinski definition) is 7. The van der Waals surface area contributed by atoms with Gasteiger partial charge in [-0.15, -0.1) is 11.3 Å². The Hall–Kier alpha value is -3.06. The van der Waals surface area contributed by atoms with Gasteiger partial charge in [-0.1, -0.05) is 12.1 Å². The van der Waals surface area contributed by atoms with E-state index in [1.807, 2.05) is 36.4 Å². The molecule has 0 aliphatic rings. The quantitative estimate of drug-likeness (QED) is 0.532. The minimum Gasteiger partial charge on any atom is -0.550 e. The van der Waals surface area contributed by atoms with Crippen molar-refractivity contribution in [1.82, 2.24) is 4.98 Å². The third kappa shape index (κ3) is 4.86. The van der Waals surface area contributed by atoms with E-state index in [2.05, 4.69) is 0 Å². The van der Waals surface area contributed by atoms with Crippen molar-refractivity contribution in [2.45, 2.75) is 19.3 Å². The summed E-state index contributed by atoms with van der Waals surface area (Å²) >= 11 is 1.58. The number of carboxylic acids is 1. The lowest BCUT2D eigenvalue weighted by Gasteiger charge is -2.13. The minimum absolute atomic E-state index is 0.00863. The van der Waals surface area contributed by atoms with E-state index >= 15 is 0 Å². The van der Waals surface area contributed by atoms with Crippen molar-refractivity contribution in [2.24, 2.45) is 0 Å². The number of allylic oxidation sites excluding steroid dienone is 1. The maximum Gasteiger partial charge on any atom is 0.164 e. The second-order valence-electron chi connectivity index (χ2n) is 6.33. The van der Waals surface area contributed by atoms with Crippen LogP contribution in [0.3, 0.4) is 0 Å². The Morgan fingerprint density at radius 3 is 2.38 bits per heavy atom. The van der Waals surface area contributed by atoms with Crippen molar-refractivity contribution in [3.05, 3.63) is 47.0 Å². The lowest BCUT2D eigenvalue weighted by Crippen LogP contribution is -2.21. The first-order valence-corrected chi connectivity index (χ1v) is 9.93. The van der Waals surface area contributed by atoms with E-state index in [1.54, 1.807) is 38.7 Å². The summed E-state index contributed by atoms with van der Waals surface area (Å²) in [6.45, 7) is 0. The number of rotatable bonds is 9. The van der Waals surface area contributed by atoms with Crippen LogP contribution in [0.25, 0.3) is 21.9 Å². The third-order valence-corrected chi connectivity index (χ3v) is 5.57. The van der Waals surface area contributed by atoms with E-state index < -0.39 is 5.97 Å². The van der Waals surface area contributed by atoms with Gasteiger partial charge in [-0.3, -0.25) is 0 Å². The van der Waals surface area contributed by atoms with Crippen molar-refractivity contribution < 1.29 is 24.1 Å². The van der Waals surface area contributed by atoms with Gasteiger partial charge in [0.05, 0.1) is 31.5 Å². The first-order chi connectivity index (χ1) is 14.0. The van der Waals surface area contributed by atoms with E-state index in [1.165, 1.54) is 0 Å². The fourth-order valence-electron chi connectivity index (χ4n) is 3.03. The number of hydrogen-bond donors (Lipinski definition) is 0.